The molecule has 6 rings (SSSR count). The third kappa shape index (κ3) is 24.7. The summed E-state index contributed by atoms with van der Waals surface area (Å²) in [5, 5.41) is 22.3. The van der Waals surface area contributed by atoms with Crippen molar-refractivity contribution in [3.63, 3.8) is 0 Å². The molecule has 1 saturated heterocycles. The van der Waals surface area contributed by atoms with E-state index < -0.39 is 5.97 Å². The average molecular weight is 919 g/mol. The third-order valence-electron chi connectivity index (χ3n) is 13.9. The minimum Gasteiger partial charge on any atom is -0.481 e. The molecule has 1 amide bonds. The van der Waals surface area contributed by atoms with E-state index in [2.05, 4.69) is 81.5 Å². The molecule has 4 N–H and O–H groups in total. The number of carbonyl (C=O) groups excluding carboxylic acids is 3. The maximum atomic E-state index is 11.1. The molecule has 3 unspecified atom stereocenters. The van der Waals surface area contributed by atoms with Crippen LogP contribution in [0, 0.1) is 53.4 Å². The highest BCUT2D eigenvalue weighted by molar-refractivity contribution is 5.88. The fourth-order valence-electron chi connectivity index (χ4n) is 10.9. The van der Waals surface area contributed by atoms with Gasteiger partial charge in [-0.3, -0.25) is 29.3 Å². The highest BCUT2D eigenvalue weighted by Crippen LogP contribution is 2.53. The lowest BCUT2D eigenvalue weighted by molar-refractivity contribution is -0.497. The zero-order chi connectivity index (χ0) is 43.7. The van der Waals surface area contributed by atoms with Crippen LogP contribution in [0.3, 0.4) is 0 Å². The fourth-order valence-corrected chi connectivity index (χ4v) is 10.9. The molecule has 10 nitrogen and oxygen atoms in total. The zero-order valence-electron chi connectivity index (χ0n) is 38.8. The van der Waals surface area contributed by atoms with Gasteiger partial charge in [0.2, 0.25) is 12.5 Å². The largest absolute Gasteiger partial charge is 0.481 e. The number of rotatable bonds is 7. The van der Waals surface area contributed by atoms with Gasteiger partial charge in [-0.05, 0) is 147 Å². The maximum Gasteiger partial charge on any atom is 0.303 e. The van der Waals surface area contributed by atoms with Gasteiger partial charge < -0.3 is 16.2 Å². The van der Waals surface area contributed by atoms with E-state index in [1.165, 1.54) is 31.3 Å². The summed E-state index contributed by atoms with van der Waals surface area (Å²) in [5.41, 5.74) is 9.00. The van der Waals surface area contributed by atoms with Crippen LogP contribution in [0.25, 0.3) is 0 Å². The number of allylic oxidation sites excluding steroid dienone is 2. The summed E-state index contributed by atoms with van der Waals surface area (Å²) in [4.78, 5) is 53.6. The van der Waals surface area contributed by atoms with Gasteiger partial charge in [0.25, 0.3) is 0 Å². The van der Waals surface area contributed by atoms with Crippen molar-refractivity contribution in [3.8, 4) is 0 Å². The minimum absolute atomic E-state index is 0. The summed E-state index contributed by atoms with van der Waals surface area (Å²) >= 11 is 0. The summed E-state index contributed by atoms with van der Waals surface area (Å²) in [6, 6.07) is 0. The number of carboxylic acids is 1. The first-order chi connectivity index (χ1) is 25.9. The van der Waals surface area contributed by atoms with Gasteiger partial charge in [-0.15, -0.1) is 12.4 Å². The van der Waals surface area contributed by atoms with Crippen LogP contribution in [0.2, 0.25) is 0 Å². The normalized spacial score (nSPS) is 28.5. The number of Topliss-reactive ketones (excluding diaryl/α,β-unsaturated/α-hetero) is 1. The number of amides is 1. The number of nitrogens with two attached hydrogens (primary N) is 1. The lowest BCUT2D eigenvalue weighted by atomic mass is 9.79. The molecule has 1 aliphatic heterocycles. The Morgan fingerprint density at radius 1 is 0.698 bits per heavy atom. The van der Waals surface area contributed by atoms with Crippen molar-refractivity contribution in [2.45, 2.75) is 236 Å². The lowest BCUT2D eigenvalue weighted by Gasteiger charge is -2.27. The molecule has 5 saturated carbocycles. The molecular weight excluding hydrogens is 814 g/mol. The summed E-state index contributed by atoms with van der Waals surface area (Å²) in [6.45, 7) is 27.5. The van der Waals surface area contributed by atoms with Gasteiger partial charge in [0.05, 0.1) is 6.42 Å². The first-order valence-electron chi connectivity index (χ1n) is 21.9. The van der Waals surface area contributed by atoms with Gasteiger partial charge in [0.1, 0.15) is 5.78 Å². The van der Waals surface area contributed by atoms with Crippen molar-refractivity contribution in [2.75, 3.05) is 19.6 Å². The van der Waals surface area contributed by atoms with E-state index in [-0.39, 0.29) is 95.4 Å². The number of hydrogen-bond donors (Lipinski definition) is 3. The monoisotopic (exact) mass is 918 g/mol. The molecule has 1 heterocycles. The lowest BCUT2D eigenvalue weighted by Crippen LogP contribution is -2.31. The van der Waals surface area contributed by atoms with Gasteiger partial charge in [-0.2, -0.15) is 0 Å². The van der Waals surface area contributed by atoms with Crippen LogP contribution in [0.4, 0.5) is 0 Å². The number of hydrogen-bond acceptors (Lipinski definition) is 7. The zero-order valence-corrected chi connectivity index (χ0v) is 39.6. The Kier molecular flexibility index (Phi) is 30.3. The summed E-state index contributed by atoms with van der Waals surface area (Å²) in [6.07, 6.45) is 19.8. The Hall–Kier alpha value is -2.33. The molecule has 0 radical (unpaired) electrons. The molecule has 0 aromatic carbocycles. The molecule has 11 heteroatoms. The van der Waals surface area contributed by atoms with Crippen LogP contribution in [-0.2, 0) is 19.2 Å². The molecule has 6 aliphatic rings. The number of nitrogens with zero attached hydrogens (tertiary/aromatic N) is 1. The number of halogens is 1. The van der Waals surface area contributed by atoms with Crippen LogP contribution in [0.5, 0.6) is 0 Å². The fraction of sp³-hybridized carbons (Fsp3) is 0.885. The molecule has 0 bridgehead atoms. The highest BCUT2D eigenvalue weighted by Gasteiger charge is 2.48. The van der Waals surface area contributed by atoms with Gasteiger partial charge in [0.15, 0.2) is 5.78 Å². The third-order valence-corrected chi connectivity index (χ3v) is 13.9. The molecular formula is C52H104ClN3O7. The van der Waals surface area contributed by atoms with Crippen molar-refractivity contribution in [1.29, 1.82) is 0 Å². The molecule has 6 fully saturated rings. The van der Waals surface area contributed by atoms with E-state index in [1.54, 1.807) is 13.0 Å². The second-order valence-electron chi connectivity index (χ2n) is 23.2. The standard InChI is InChI=1S/2C10H19NO2.C10H17NO.C10H16O.C7H12O.5CH4.ClH/c1-9(2)3-4-10(6-9,7-11)5-8(12)13;1-4-10(8-11(12)13)6-5-9(2,3)7-10;1-9(2)3-4-10(6-9)5-8(12)11-7-10;1-8(11)6-9-4-5-10(2,3)7-9;1-7(2)4-3-6(8)5-7;;;;;;/h3-7,11H2,1-2H3,(H,12,13);4-8H2,1-3H3;3-7H2,1-2H3,(H,11,12);6H,4-5,7H2,1-3H3;3-5H2,1-2H3;5*1H4;1H/b;;;9-6-;;;;;;;. The van der Waals surface area contributed by atoms with Crippen molar-refractivity contribution in [1.82, 2.24) is 5.32 Å². The van der Waals surface area contributed by atoms with Gasteiger partial charge in [0, 0.05) is 36.1 Å². The number of ketones is 2. The van der Waals surface area contributed by atoms with Gasteiger partial charge >= 0.3 is 5.97 Å². The Labute approximate surface area is 395 Å². The number of aliphatic carboxylic acids is 1. The number of nitrogens with one attached hydrogen (secondary N) is 1. The van der Waals surface area contributed by atoms with Crippen LogP contribution in [0.15, 0.2) is 11.6 Å². The molecule has 0 aromatic rings. The second kappa shape index (κ2) is 27.3. The second-order valence-corrected chi connectivity index (χ2v) is 23.2. The maximum absolute atomic E-state index is 11.1. The van der Waals surface area contributed by atoms with Gasteiger partial charge in [-0.25, -0.2) is 0 Å². The molecule has 376 valence electrons. The smallest absolute Gasteiger partial charge is 0.303 e. The summed E-state index contributed by atoms with van der Waals surface area (Å²) in [5.74, 6) is 0.170. The number of carbonyl (C=O) groups is 4. The van der Waals surface area contributed by atoms with Crippen molar-refractivity contribution >= 4 is 35.9 Å². The van der Waals surface area contributed by atoms with Crippen LogP contribution < -0.4 is 11.1 Å². The quantitative estimate of drug-likeness (QED) is 0.129. The van der Waals surface area contributed by atoms with Crippen molar-refractivity contribution < 1.29 is 29.2 Å². The first-order valence-corrected chi connectivity index (χ1v) is 21.9. The summed E-state index contributed by atoms with van der Waals surface area (Å²) in [7, 11) is 0. The van der Waals surface area contributed by atoms with Gasteiger partial charge in [-0.1, -0.05) is 119 Å². The van der Waals surface area contributed by atoms with E-state index in [9.17, 15) is 29.3 Å². The molecule has 5 aliphatic carbocycles. The van der Waals surface area contributed by atoms with Crippen LogP contribution in [-0.4, -0.2) is 53.1 Å². The van der Waals surface area contributed by atoms with E-state index in [1.807, 2.05) is 0 Å². The van der Waals surface area contributed by atoms with Crippen molar-refractivity contribution in [3.05, 3.63) is 21.8 Å². The Bertz CT molecular complexity index is 1420. The number of nitro groups is 1. The predicted molar refractivity (Wildman–Crippen MR) is 271 cm³/mol. The molecule has 63 heavy (non-hydrogen) atoms. The average Bonchev–Trinajstić information content (AvgIpc) is 3.88. The van der Waals surface area contributed by atoms with Crippen LogP contribution in [0.1, 0.15) is 236 Å². The van der Waals surface area contributed by atoms with E-state index >= 15 is 0 Å². The van der Waals surface area contributed by atoms with Crippen LogP contribution >= 0.6 is 12.4 Å². The minimum atomic E-state index is -0.719. The molecule has 3 atom stereocenters. The first kappa shape index (κ1) is 69.7. The Morgan fingerprint density at radius 3 is 1.43 bits per heavy atom. The topological polar surface area (TPSA) is 170 Å². The Morgan fingerprint density at radius 2 is 1.16 bits per heavy atom. The molecule has 1 spiro atoms. The van der Waals surface area contributed by atoms with E-state index in [0.29, 0.717) is 39.4 Å². The van der Waals surface area contributed by atoms with E-state index in [4.69, 9.17) is 10.8 Å². The molecule has 0 aromatic heterocycles. The summed E-state index contributed by atoms with van der Waals surface area (Å²) < 4.78 is 0. The van der Waals surface area contributed by atoms with E-state index in [0.717, 1.165) is 90.0 Å². The highest BCUT2D eigenvalue weighted by atomic mass is 35.5. The SMILES string of the molecule is C.C.C.C.C.CC(=O)/C=C1/CCC(C)(C)C1.CC1(C)CCC(=O)C1.CC1(C)CCC(CN)(CC(=O)O)C1.CC1(C)CCC2(CNC(=O)C2)C1.CCC1(C[N+](=O)[O-])CCC(C)(C)C1.Cl. The Balaban J connectivity index is -0.000000219. The number of carboxylic acid groups (broad SMARTS) is 1. The predicted octanol–water partition coefficient (Wildman–Crippen LogP) is 14.3. The van der Waals surface area contributed by atoms with Crippen molar-refractivity contribution in [2.24, 2.45) is 49.1 Å².